The predicted molar refractivity (Wildman–Crippen MR) is 55.3 cm³/mol. The number of hydrogen-bond acceptors (Lipinski definition) is 3. The number of rotatable bonds is 1. The Labute approximate surface area is 80.3 Å². The molecule has 0 unspecified atom stereocenters. The fraction of sp³-hybridized carbons (Fsp3) is 0.250. The number of aliphatic imine (C=N–C) groups is 1. The highest BCUT2D eigenvalue weighted by Gasteiger charge is 2.09. The van der Waals surface area contributed by atoms with Gasteiger partial charge in [-0.05, 0) is 35.4 Å². The van der Waals surface area contributed by atoms with Crippen LogP contribution in [0.5, 0.6) is 0 Å². The van der Waals surface area contributed by atoms with Crippen molar-refractivity contribution < 1.29 is 0 Å². The third-order valence-corrected chi connectivity index (χ3v) is 1.78. The van der Waals surface area contributed by atoms with Crippen molar-refractivity contribution in [2.45, 2.75) is 13.8 Å². The summed E-state index contributed by atoms with van der Waals surface area (Å²) in [6, 6.07) is 0. The molecule has 0 bridgehead atoms. The van der Waals surface area contributed by atoms with E-state index < -0.39 is 0 Å². The minimum atomic E-state index is 0.827. The average Bonchev–Trinajstić information content (AvgIpc) is 2.03. The lowest BCUT2D eigenvalue weighted by molar-refractivity contribution is 0.487. The summed E-state index contributed by atoms with van der Waals surface area (Å²) in [4.78, 5) is 4.19. The van der Waals surface area contributed by atoms with Gasteiger partial charge in [0.15, 0.2) is 5.82 Å². The lowest BCUT2D eigenvalue weighted by atomic mass is 10.3. The highest BCUT2D eigenvalue weighted by Crippen LogP contribution is 2.19. The van der Waals surface area contributed by atoms with Gasteiger partial charge in [-0.1, -0.05) is 0 Å². The van der Waals surface area contributed by atoms with Crippen LogP contribution in [-0.2, 0) is 0 Å². The number of nitrogens with zero attached hydrogens (tertiary/aromatic N) is 3. The lowest BCUT2D eigenvalue weighted by Gasteiger charge is -2.18. The highest BCUT2D eigenvalue weighted by atomic mass is 79.9. The van der Waals surface area contributed by atoms with E-state index in [1.165, 1.54) is 0 Å². The van der Waals surface area contributed by atoms with Crippen LogP contribution in [0.3, 0.4) is 0 Å². The molecule has 0 aliphatic carbocycles. The van der Waals surface area contributed by atoms with Crippen LogP contribution in [0.1, 0.15) is 13.8 Å². The smallest absolute Gasteiger partial charge is 0.151 e. The number of halogens is 1. The Balaban J connectivity index is 3.03. The Bertz CT molecular complexity index is 285. The minimum Gasteiger partial charge on any atom is -0.236 e. The third kappa shape index (κ3) is 1.82. The topological polar surface area (TPSA) is 28.0 Å². The molecule has 0 aromatic carbocycles. The minimum absolute atomic E-state index is 0.827. The van der Waals surface area contributed by atoms with Crippen molar-refractivity contribution in [2.75, 3.05) is 0 Å². The zero-order valence-electron chi connectivity index (χ0n) is 7.08. The third-order valence-electron chi connectivity index (χ3n) is 1.37. The summed E-state index contributed by atoms with van der Waals surface area (Å²) >= 11 is 3.31. The van der Waals surface area contributed by atoms with Gasteiger partial charge in [-0.15, -0.1) is 0 Å². The van der Waals surface area contributed by atoms with E-state index in [0.29, 0.717) is 0 Å². The number of hydrogen-bond donors (Lipinski definition) is 0. The normalized spacial score (nSPS) is 16.1. The molecule has 1 rings (SSSR count). The molecule has 0 spiro atoms. The molecule has 0 N–H and O–H groups in total. The molecule has 0 radical (unpaired) electrons. The summed E-state index contributed by atoms with van der Waals surface area (Å²) in [5.74, 6) is 0.827. The predicted octanol–water partition coefficient (Wildman–Crippen LogP) is 2.48. The van der Waals surface area contributed by atoms with Gasteiger partial charge < -0.3 is 0 Å². The monoisotopic (exact) mass is 227 g/mol. The summed E-state index contributed by atoms with van der Waals surface area (Å²) in [6.45, 7) is 7.42. The first-order valence-corrected chi connectivity index (χ1v) is 4.29. The summed E-state index contributed by atoms with van der Waals surface area (Å²) in [6.07, 6.45) is 3.56. The van der Waals surface area contributed by atoms with Gasteiger partial charge in [0.1, 0.15) is 0 Å². The second kappa shape index (κ2) is 3.67. The molecule has 1 aliphatic heterocycles. The van der Waals surface area contributed by atoms with E-state index >= 15 is 0 Å². The molecule has 12 heavy (non-hydrogen) atoms. The van der Waals surface area contributed by atoms with Crippen LogP contribution < -0.4 is 0 Å². The molecule has 0 saturated carbocycles. The van der Waals surface area contributed by atoms with E-state index in [9.17, 15) is 0 Å². The van der Waals surface area contributed by atoms with Crippen molar-refractivity contribution in [3.8, 4) is 0 Å². The van der Waals surface area contributed by atoms with Gasteiger partial charge in [0.25, 0.3) is 0 Å². The maximum Gasteiger partial charge on any atom is 0.151 e. The summed E-state index contributed by atoms with van der Waals surface area (Å²) in [7, 11) is 0. The largest absolute Gasteiger partial charge is 0.236 e. The van der Waals surface area contributed by atoms with E-state index in [1.807, 2.05) is 20.0 Å². The summed E-state index contributed by atoms with van der Waals surface area (Å²) < 4.78 is 0.889. The molecule has 4 heteroatoms. The van der Waals surface area contributed by atoms with Crippen molar-refractivity contribution in [3.63, 3.8) is 0 Å². The highest BCUT2D eigenvalue weighted by molar-refractivity contribution is 9.12. The Morgan fingerprint density at radius 2 is 2.33 bits per heavy atom. The van der Waals surface area contributed by atoms with Crippen LogP contribution >= 0.6 is 15.9 Å². The van der Waals surface area contributed by atoms with Gasteiger partial charge in [0, 0.05) is 19.1 Å². The van der Waals surface area contributed by atoms with E-state index in [0.717, 1.165) is 15.9 Å². The molecule has 0 amide bonds. The zero-order chi connectivity index (χ0) is 9.14. The first-order chi connectivity index (χ1) is 5.65. The van der Waals surface area contributed by atoms with Crippen molar-refractivity contribution in [3.05, 3.63) is 22.1 Å². The van der Waals surface area contributed by atoms with Gasteiger partial charge in [-0.25, -0.2) is 10.0 Å². The van der Waals surface area contributed by atoms with Gasteiger partial charge in [0.05, 0.1) is 4.48 Å². The van der Waals surface area contributed by atoms with Gasteiger partial charge in [-0.3, -0.25) is 0 Å². The second-order valence-corrected chi connectivity index (χ2v) is 3.50. The molecule has 0 fully saturated rings. The first kappa shape index (κ1) is 9.19. The SMILES string of the molecule is C=NN1C=C(Br)C=NC1=C(C)C. The van der Waals surface area contributed by atoms with Crippen molar-refractivity contribution in [2.24, 2.45) is 10.1 Å². The fourth-order valence-electron chi connectivity index (χ4n) is 0.859. The molecule has 0 aromatic rings. The zero-order valence-corrected chi connectivity index (χ0v) is 8.67. The molecular formula is C8H10BrN3. The fourth-order valence-corrected chi connectivity index (χ4v) is 1.16. The van der Waals surface area contributed by atoms with Crippen LogP contribution in [-0.4, -0.2) is 17.9 Å². The number of hydrazone groups is 1. The molecule has 0 atom stereocenters. The van der Waals surface area contributed by atoms with Crippen molar-refractivity contribution >= 4 is 28.9 Å². The summed E-state index contributed by atoms with van der Waals surface area (Å²) in [5.41, 5.74) is 1.11. The molecule has 1 aliphatic rings. The molecule has 0 saturated heterocycles. The van der Waals surface area contributed by atoms with E-state index in [1.54, 1.807) is 11.2 Å². The van der Waals surface area contributed by atoms with Gasteiger partial charge >= 0.3 is 0 Å². The quantitative estimate of drug-likeness (QED) is 0.633. The van der Waals surface area contributed by atoms with Crippen molar-refractivity contribution in [1.82, 2.24) is 5.01 Å². The summed E-state index contributed by atoms with van der Waals surface area (Å²) in [5, 5.41) is 5.44. The van der Waals surface area contributed by atoms with E-state index in [-0.39, 0.29) is 0 Å². The van der Waals surface area contributed by atoms with Crippen LogP contribution in [0.15, 0.2) is 32.2 Å². The Morgan fingerprint density at radius 3 is 2.83 bits per heavy atom. The van der Waals surface area contributed by atoms with Gasteiger partial charge in [0.2, 0.25) is 0 Å². The first-order valence-electron chi connectivity index (χ1n) is 3.50. The maximum absolute atomic E-state index is 4.19. The van der Waals surface area contributed by atoms with Crippen LogP contribution in [0.25, 0.3) is 0 Å². The van der Waals surface area contributed by atoms with Crippen LogP contribution in [0, 0.1) is 0 Å². The number of allylic oxidation sites excluding steroid dienone is 2. The van der Waals surface area contributed by atoms with E-state index in [4.69, 9.17) is 0 Å². The molecule has 1 heterocycles. The van der Waals surface area contributed by atoms with E-state index in [2.05, 4.69) is 32.7 Å². The Hall–Kier alpha value is -0.900. The Morgan fingerprint density at radius 1 is 1.67 bits per heavy atom. The standard InChI is InChI=1S/C8H10BrN3/c1-6(2)8-11-4-7(9)5-12(8)10-3/h4-5H,3H2,1-2H3. The lowest BCUT2D eigenvalue weighted by Crippen LogP contribution is -2.12. The molecule has 0 aromatic heterocycles. The van der Waals surface area contributed by atoms with Gasteiger partial charge in [-0.2, -0.15) is 5.10 Å². The molecular weight excluding hydrogens is 218 g/mol. The van der Waals surface area contributed by atoms with Crippen LogP contribution in [0.4, 0.5) is 0 Å². The molecule has 64 valence electrons. The Kier molecular flexibility index (Phi) is 2.81. The molecule has 3 nitrogen and oxygen atoms in total. The second-order valence-electron chi connectivity index (χ2n) is 2.58. The van der Waals surface area contributed by atoms with Crippen LogP contribution in [0.2, 0.25) is 0 Å². The average molecular weight is 228 g/mol. The van der Waals surface area contributed by atoms with Crippen molar-refractivity contribution in [1.29, 1.82) is 0 Å². The maximum atomic E-state index is 4.19.